The lowest BCUT2D eigenvalue weighted by molar-refractivity contribution is -0.134. The molecular formula is C16H25F3N2O4S. The van der Waals surface area contributed by atoms with E-state index in [0.717, 1.165) is 0 Å². The van der Waals surface area contributed by atoms with E-state index in [0.29, 0.717) is 11.5 Å². The Balaban J connectivity index is 2.70. The van der Waals surface area contributed by atoms with Crippen LogP contribution < -0.4 is 5.32 Å². The van der Waals surface area contributed by atoms with Crippen molar-refractivity contribution in [3.8, 4) is 0 Å². The molecule has 6 nitrogen and oxygen atoms in total. The predicted octanol–water partition coefficient (Wildman–Crippen LogP) is 3.12. The molecule has 0 atom stereocenters. The average Bonchev–Trinajstić information content (AvgIpc) is 2.91. The summed E-state index contributed by atoms with van der Waals surface area (Å²) in [4.78, 5) is 12.3. The summed E-state index contributed by atoms with van der Waals surface area (Å²) in [5.74, 6) is -1.17. The molecule has 0 fully saturated rings. The summed E-state index contributed by atoms with van der Waals surface area (Å²) in [6.45, 7) is 8.08. The molecule has 0 radical (unpaired) electrons. The fraction of sp³-hybridized carbons (Fsp3) is 0.750. The van der Waals surface area contributed by atoms with Crippen LogP contribution >= 0.6 is 0 Å². The van der Waals surface area contributed by atoms with E-state index in [-0.39, 0.29) is 12.0 Å². The fourth-order valence-electron chi connectivity index (χ4n) is 1.99. The highest BCUT2D eigenvalue weighted by Crippen LogP contribution is 2.25. The molecule has 150 valence electrons. The number of nitrogens with one attached hydrogen (secondary N) is 1. The zero-order chi connectivity index (χ0) is 20.4. The van der Waals surface area contributed by atoms with Crippen LogP contribution in [0.2, 0.25) is 0 Å². The van der Waals surface area contributed by atoms with Gasteiger partial charge in [-0.1, -0.05) is 25.9 Å². The Morgan fingerprint density at radius 2 is 1.77 bits per heavy atom. The summed E-state index contributed by atoms with van der Waals surface area (Å²) in [5.41, 5.74) is 0.438. The van der Waals surface area contributed by atoms with E-state index in [9.17, 15) is 26.4 Å². The highest BCUT2D eigenvalue weighted by Gasteiger charge is 2.41. The number of halogens is 3. The Morgan fingerprint density at radius 3 is 2.23 bits per heavy atom. The van der Waals surface area contributed by atoms with Crippen molar-refractivity contribution >= 4 is 15.7 Å². The van der Waals surface area contributed by atoms with Gasteiger partial charge < -0.3 is 9.84 Å². The van der Waals surface area contributed by atoms with Crippen LogP contribution in [-0.2, 0) is 26.6 Å². The van der Waals surface area contributed by atoms with Gasteiger partial charge in [-0.05, 0) is 20.3 Å². The van der Waals surface area contributed by atoms with Crippen LogP contribution in [0.3, 0.4) is 0 Å². The van der Waals surface area contributed by atoms with Crippen LogP contribution in [0.5, 0.6) is 0 Å². The maximum Gasteiger partial charge on any atom is 0.389 e. The lowest BCUT2D eigenvalue weighted by Gasteiger charge is -2.23. The maximum absolute atomic E-state index is 12.3. The van der Waals surface area contributed by atoms with Crippen molar-refractivity contribution in [3.63, 3.8) is 0 Å². The van der Waals surface area contributed by atoms with Gasteiger partial charge in [-0.2, -0.15) is 13.2 Å². The van der Waals surface area contributed by atoms with Crippen LogP contribution in [0.15, 0.2) is 10.6 Å². The lowest BCUT2D eigenvalue weighted by atomic mass is 9.92. The Kier molecular flexibility index (Phi) is 6.54. The van der Waals surface area contributed by atoms with Crippen molar-refractivity contribution in [2.24, 2.45) is 0 Å². The summed E-state index contributed by atoms with van der Waals surface area (Å²) in [7, 11) is -4.06. The van der Waals surface area contributed by atoms with Crippen molar-refractivity contribution in [2.75, 3.05) is 5.75 Å². The highest BCUT2D eigenvalue weighted by molar-refractivity contribution is 7.93. The van der Waals surface area contributed by atoms with E-state index < -0.39 is 45.3 Å². The second-order valence-corrected chi connectivity index (χ2v) is 10.3. The van der Waals surface area contributed by atoms with Crippen molar-refractivity contribution in [3.05, 3.63) is 17.5 Å². The molecule has 0 unspecified atom stereocenters. The zero-order valence-corrected chi connectivity index (χ0v) is 16.3. The number of hydrogen-bond acceptors (Lipinski definition) is 5. The molecule has 1 rings (SSSR count). The molecule has 1 aromatic rings. The molecule has 0 saturated carbocycles. The zero-order valence-electron chi connectivity index (χ0n) is 15.5. The quantitative estimate of drug-likeness (QED) is 0.762. The molecule has 0 aromatic carbocycles. The standard InChI is InChI=1S/C16H25F3N2O4S/c1-14(2,3)12-9-11(25-21-12)10-20-13(22)15(4,5)26(23,24)8-6-7-16(17,18)19/h9H,6-8,10H2,1-5H3,(H,20,22). The molecule has 26 heavy (non-hydrogen) atoms. The minimum absolute atomic E-state index is 0.0661. The number of aromatic nitrogens is 1. The maximum atomic E-state index is 12.3. The van der Waals surface area contributed by atoms with Crippen molar-refractivity contribution in [1.29, 1.82) is 0 Å². The van der Waals surface area contributed by atoms with Crippen LogP contribution in [0.1, 0.15) is 58.9 Å². The van der Waals surface area contributed by atoms with Crippen molar-refractivity contribution < 1.29 is 30.9 Å². The number of nitrogens with zero attached hydrogens (tertiary/aromatic N) is 1. The van der Waals surface area contributed by atoms with Gasteiger partial charge in [-0.15, -0.1) is 0 Å². The van der Waals surface area contributed by atoms with Crippen LogP contribution in [0.25, 0.3) is 0 Å². The second-order valence-electron chi connectivity index (χ2n) is 7.66. The number of alkyl halides is 3. The van der Waals surface area contributed by atoms with Crippen LogP contribution in [-0.4, -0.2) is 36.2 Å². The Morgan fingerprint density at radius 1 is 1.19 bits per heavy atom. The first-order valence-corrected chi connectivity index (χ1v) is 9.75. The van der Waals surface area contributed by atoms with E-state index in [1.807, 2.05) is 20.8 Å². The van der Waals surface area contributed by atoms with E-state index in [1.54, 1.807) is 6.07 Å². The van der Waals surface area contributed by atoms with Gasteiger partial charge in [0.25, 0.3) is 0 Å². The highest BCUT2D eigenvalue weighted by atomic mass is 32.2. The van der Waals surface area contributed by atoms with Crippen molar-refractivity contribution in [1.82, 2.24) is 10.5 Å². The Hall–Kier alpha value is -1.58. The van der Waals surface area contributed by atoms with Crippen LogP contribution in [0.4, 0.5) is 13.2 Å². The number of hydrogen-bond donors (Lipinski definition) is 1. The molecule has 0 aliphatic rings. The van der Waals surface area contributed by atoms with E-state index >= 15 is 0 Å². The number of rotatable bonds is 7. The number of sulfone groups is 1. The van der Waals surface area contributed by atoms with E-state index in [2.05, 4.69) is 10.5 Å². The summed E-state index contributed by atoms with van der Waals surface area (Å²) < 4.78 is 64.3. The third-order valence-electron chi connectivity index (χ3n) is 3.95. The summed E-state index contributed by atoms with van der Waals surface area (Å²) in [5, 5.41) is 6.33. The smallest absolute Gasteiger partial charge is 0.359 e. The van der Waals surface area contributed by atoms with Gasteiger partial charge in [0.15, 0.2) is 15.6 Å². The summed E-state index contributed by atoms with van der Waals surface area (Å²) in [6, 6.07) is 1.66. The molecule has 1 heterocycles. The van der Waals surface area contributed by atoms with Gasteiger partial charge in [0, 0.05) is 17.9 Å². The number of amides is 1. The molecule has 1 aromatic heterocycles. The third kappa shape index (κ3) is 6.00. The molecule has 10 heteroatoms. The van der Waals surface area contributed by atoms with Crippen LogP contribution in [0, 0.1) is 0 Å². The first kappa shape index (κ1) is 22.5. The molecule has 1 N–H and O–H groups in total. The molecule has 0 aliphatic heterocycles. The molecule has 0 saturated heterocycles. The van der Waals surface area contributed by atoms with Gasteiger partial charge in [0.1, 0.15) is 4.75 Å². The lowest BCUT2D eigenvalue weighted by Crippen LogP contribution is -2.48. The van der Waals surface area contributed by atoms with E-state index in [4.69, 9.17) is 4.52 Å². The average molecular weight is 398 g/mol. The number of carbonyl (C=O) groups excluding carboxylic acids is 1. The van der Waals surface area contributed by atoms with Gasteiger partial charge in [0.2, 0.25) is 5.91 Å². The molecule has 1 amide bonds. The van der Waals surface area contributed by atoms with Gasteiger partial charge in [-0.25, -0.2) is 8.42 Å². The van der Waals surface area contributed by atoms with Gasteiger partial charge >= 0.3 is 6.18 Å². The summed E-state index contributed by atoms with van der Waals surface area (Å²) >= 11 is 0. The fourth-order valence-corrected chi connectivity index (χ4v) is 3.38. The monoisotopic (exact) mass is 398 g/mol. The normalized spacial score (nSPS) is 13.7. The number of carbonyl (C=O) groups is 1. The van der Waals surface area contributed by atoms with Crippen molar-refractivity contribution in [2.45, 2.75) is 70.3 Å². The topological polar surface area (TPSA) is 89.3 Å². The first-order valence-electron chi connectivity index (χ1n) is 8.10. The SMILES string of the molecule is CC(C)(C)c1cc(CNC(=O)C(C)(C)S(=O)(=O)CCCC(F)(F)F)on1. The largest absolute Gasteiger partial charge is 0.389 e. The van der Waals surface area contributed by atoms with E-state index in [1.165, 1.54) is 13.8 Å². The molecule has 0 bridgehead atoms. The molecule has 0 aliphatic carbocycles. The summed E-state index contributed by atoms with van der Waals surface area (Å²) in [6.07, 6.45) is -6.23. The minimum Gasteiger partial charge on any atom is -0.359 e. The molecule has 0 spiro atoms. The van der Waals surface area contributed by atoms with Gasteiger partial charge in [0.05, 0.1) is 18.0 Å². The minimum atomic E-state index is -4.43. The second kappa shape index (κ2) is 7.58. The Bertz CT molecular complexity index is 731. The third-order valence-corrected chi connectivity index (χ3v) is 6.51. The predicted molar refractivity (Wildman–Crippen MR) is 90.2 cm³/mol. The Labute approximate surface area is 151 Å². The first-order chi connectivity index (χ1) is 11.6. The molecular weight excluding hydrogens is 373 g/mol. The van der Waals surface area contributed by atoms with Gasteiger partial charge in [-0.3, -0.25) is 4.79 Å².